The molecule has 0 amide bonds. The number of hydrogen-bond donors (Lipinski definition) is 1. The van der Waals surface area contributed by atoms with Crippen molar-refractivity contribution in [2.24, 2.45) is 0 Å². The van der Waals surface area contributed by atoms with Gasteiger partial charge in [0.15, 0.2) is 0 Å². The Kier molecular flexibility index (Phi) is 6.75. The first-order valence-corrected chi connectivity index (χ1v) is 18.0. The van der Waals surface area contributed by atoms with Crippen LogP contribution in [0.25, 0.3) is 50.1 Å². The van der Waals surface area contributed by atoms with E-state index in [0.29, 0.717) is 0 Å². The summed E-state index contributed by atoms with van der Waals surface area (Å²) in [6.07, 6.45) is 4.36. The number of nitrogens with one attached hydrogen (secondary N) is 1. The van der Waals surface area contributed by atoms with Gasteiger partial charge in [0, 0.05) is 27.3 Å². The first-order valence-electron chi connectivity index (χ1n) is 17.2. The first-order chi connectivity index (χ1) is 24.8. The molecule has 10 rings (SSSR count). The number of benzene rings is 7. The van der Waals surface area contributed by atoms with Crippen molar-refractivity contribution >= 4 is 45.2 Å². The molecular formula is C47H32N2S. The minimum Gasteiger partial charge on any atom is -0.379 e. The van der Waals surface area contributed by atoms with E-state index in [1.807, 2.05) is 11.8 Å². The maximum Gasteiger partial charge on any atom is 0.0947 e. The van der Waals surface area contributed by atoms with Crippen LogP contribution in [0.4, 0.5) is 5.69 Å². The summed E-state index contributed by atoms with van der Waals surface area (Å²) in [5.41, 5.74) is 12.4. The molecule has 8 aromatic rings. The number of aromatic nitrogens is 1. The first kappa shape index (κ1) is 29.1. The fourth-order valence-electron chi connectivity index (χ4n) is 8.18. The predicted octanol–water partition coefficient (Wildman–Crippen LogP) is 12.0. The highest BCUT2D eigenvalue weighted by atomic mass is 32.2. The monoisotopic (exact) mass is 656 g/mol. The second kappa shape index (κ2) is 11.6. The van der Waals surface area contributed by atoms with E-state index >= 15 is 0 Å². The quantitative estimate of drug-likeness (QED) is 0.204. The molecule has 1 aromatic heterocycles. The highest BCUT2D eigenvalue weighted by Crippen LogP contribution is 2.56. The number of fused-ring (bicyclic) bond motifs is 6. The molecule has 0 fully saturated rings. The number of anilines is 1. The zero-order valence-electron chi connectivity index (χ0n) is 27.3. The van der Waals surface area contributed by atoms with E-state index in [1.165, 1.54) is 59.5 Å². The molecule has 0 aliphatic carbocycles. The normalized spacial score (nSPS) is 14.1. The standard InChI is InChI=1S/C47H32N2S/c1-3-14-35(15-4-1)47(36-16-5-2-6-17-36)39-19-9-10-20-42(39)50-43-28-25-34(30-40(43)47)38-26-23-31-12-7-8-18-37(31)44(38)41-27-24-33-22-21-32-13-11-29-48-45(32)46(33)49-41/h1-28,30,48H,29H2. The molecule has 1 N–H and O–H groups in total. The van der Waals surface area contributed by atoms with Crippen molar-refractivity contribution in [2.45, 2.75) is 15.2 Å². The fourth-order valence-corrected chi connectivity index (χ4v) is 9.35. The zero-order valence-corrected chi connectivity index (χ0v) is 28.1. The van der Waals surface area contributed by atoms with Crippen LogP contribution in [-0.4, -0.2) is 11.5 Å². The van der Waals surface area contributed by atoms with E-state index in [4.69, 9.17) is 4.98 Å². The SMILES string of the molecule is C1=Cc2ccc3ccc(-c4c(-c5ccc6c(c5)C(c5ccccc5)(c5ccccc5)c5ccccc5S6)ccc5ccccc45)nc3c2NC1. The van der Waals surface area contributed by atoms with E-state index in [2.05, 4.69) is 181 Å². The smallest absolute Gasteiger partial charge is 0.0947 e. The summed E-state index contributed by atoms with van der Waals surface area (Å²) >= 11 is 1.87. The molecular weight excluding hydrogens is 625 g/mol. The minimum atomic E-state index is -0.494. The fraction of sp³-hybridized carbons (Fsp3) is 0.0426. The van der Waals surface area contributed by atoms with E-state index in [-0.39, 0.29) is 0 Å². The largest absolute Gasteiger partial charge is 0.379 e. The Bertz CT molecular complexity index is 2580. The van der Waals surface area contributed by atoms with Gasteiger partial charge < -0.3 is 5.32 Å². The van der Waals surface area contributed by atoms with Gasteiger partial charge in [-0.2, -0.15) is 0 Å². The van der Waals surface area contributed by atoms with Crippen LogP contribution < -0.4 is 5.32 Å². The lowest BCUT2D eigenvalue weighted by molar-refractivity contribution is 0.703. The third-order valence-corrected chi connectivity index (χ3v) is 11.5. The van der Waals surface area contributed by atoms with Gasteiger partial charge in [0.25, 0.3) is 0 Å². The molecule has 0 spiro atoms. The van der Waals surface area contributed by atoms with Crippen LogP contribution in [-0.2, 0) is 5.41 Å². The van der Waals surface area contributed by atoms with Crippen molar-refractivity contribution in [2.75, 3.05) is 11.9 Å². The number of hydrogen-bond acceptors (Lipinski definition) is 3. The van der Waals surface area contributed by atoms with Crippen LogP contribution >= 0.6 is 11.8 Å². The lowest BCUT2D eigenvalue weighted by Crippen LogP contribution is -2.34. The molecule has 0 radical (unpaired) electrons. The molecule has 2 aliphatic rings. The maximum atomic E-state index is 5.44. The lowest BCUT2D eigenvalue weighted by Gasteiger charge is -2.42. The van der Waals surface area contributed by atoms with Crippen molar-refractivity contribution < 1.29 is 0 Å². The van der Waals surface area contributed by atoms with Crippen LogP contribution in [0.5, 0.6) is 0 Å². The maximum absolute atomic E-state index is 5.44. The Hall–Kier alpha value is -5.90. The van der Waals surface area contributed by atoms with E-state index < -0.39 is 5.41 Å². The highest BCUT2D eigenvalue weighted by Gasteiger charge is 2.44. The van der Waals surface area contributed by atoms with Gasteiger partial charge in [0.1, 0.15) is 0 Å². The van der Waals surface area contributed by atoms with Gasteiger partial charge in [0.05, 0.1) is 22.3 Å². The Morgan fingerprint density at radius 1 is 0.580 bits per heavy atom. The summed E-state index contributed by atoms with van der Waals surface area (Å²) in [5.74, 6) is 0. The van der Waals surface area contributed by atoms with Gasteiger partial charge in [-0.3, -0.25) is 0 Å². The van der Waals surface area contributed by atoms with E-state index in [9.17, 15) is 0 Å². The molecule has 50 heavy (non-hydrogen) atoms. The number of pyridine rings is 1. The third kappa shape index (κ3) is 4.40. The Labute approximate surface area is 296 Å². The molecule has 2 nitrogen and oxygen atoms in total. The summed E-state index contributed by atoms with van der Waals surface area (Å²) in [4.78, 5) is 8.00. The molecule has 0 unspecified atom stereocenters. The van der Waals surface area contributed by atoms with Gasteiger partial charge in [-0.25, -0.2) is 4.98 Å². The van der Waals surface area contributed by atoms with E-state index in [0.717, 1.165) is 34.4 Å². The molecule has 236 valence electrons. The molecule has 0 saturated carbocycles. The van der Waals surface area contributed by atoms with Crippen LogP contribution in [0.3, 0.4) is 0 Å². The molecule has 3 heteroatoms. The topological polar surface area (TPSA) is 24.9 Å². The van der Waals surface area contributed by atoms with Crippen molar-refractivity contribution in [1.82, 2.24) is 4.98 Å². The minimum absolute atomic E-state index is 0.494. The molecule has 2 aliphatic heterocycles. The highest BCUT2D eigenvalue weighted by molar-refractivity contribution is 7.99. The summed E-state index contributed by atoms with van der Waals surface area (Å²) < 4.78 is 0. The molecule has 7 aromatic carbocycles. The van der Waals surface area contributed by atoms with Gasteiger partial charge in [0.2, 0.25) is 0 Å². The van der Waals surface area contributed by atoms with Crippen LogP contribution in [0.15, 0.2) is 180 Å². The summed E-state index contributed by atoms with van der Waals surface area (Å²) in [7, 11) is 0. The van der Waals surface area contributed by atoms with Crippen LogP contribution in [0.1, 0.15) is 27.8 Å². The summed E-state index contributed by atoms with van der Waals surface area (Å²) in [6, 6.07) is 60.2. The summed E-state index contributed by atoms with van der Waals surface area (Å²) in [6.45, 7) is 0.804. The van der Waals surface area contributed by atoms with Crippen molar-refractivity contribution in [3.8, 4) is 22.4 Å². The Balaban J connectivity index is 1.26. The molecule has 3 heterocycles. The van der Waals surface area contributed by atoms with Gasteiger partial charge in [-0.15, -0.1) is 0 Å². The average molecular weight is 657 g/mol. The number of rotatable bonds is 4. The second-order valence-electron chi connectivity index (χ2n) is 13.1. The second-order valence-corrected chi connectivity index (χ2v) is 14.2. The van der Waals surface area contributed by atoms with Gasteiger partial charge >= 0.3 is 0 Å². The zero-order chi connectivity index (χ0) is 33.1. The van der Waals surface area contributed by atoms with Gasteiger partial charge in [-0.05, 0) is 74.0 Å². The van der Waals surface area contributed by atoms with Crippen molar-refractivity contribution in [3.63, 3.8) is 0 Å². The predicted molar refractivity (Wildman–Crippen MR) is 210 cm³/mol. The molecule has 0 atom stereocenters. The number of nitrogens with zero attached hydrogens (tertiary/aromatic N) is 1. The average Bonchev–Trinajstić information content (AvgIpc) is 3.20. The molecule has 0 bridgehead atoms. The van der Waals surface area contributed by atoms with E-state index in [1.54, 1.807) is 0 Å². The lowest BCUT2D eigenvalue weighted by atomic mass is 9.64. The summed E-state index contributed by atoms with van der Waals surface area (Å²) in [5, 5.41) is 7.14. The Morgan fingerprint density at radius 2 is 1.28 bits per heavy atom. The van der Waals surface area contributed by atoms with Crippen molar-refractivity contribution in [1.29, 1.82) is 0 Å². The Morgan fingerprint density at radius 3 is 2.12 bits per heavy atom. The molecule has 0 saturated heterocycles. The van der Waals surface area contributed by atoms with Crippen LogP contribution in [0, 0.1) is 0 Å². The van der Waals surface area contributed by atoms with Crippen molar-refractivity contribution in [3.05, 3.63) is 198 Å². The third-order valence-electron chi connectivity index (χ3n) is 10.4. The van der Waals surface area contributed by atoms with Gasteiger partial charge in [-0.1, -0.05) is 163 Å². The van der Waals surface area contributed by atoms with Crippen LogP contribution in [0.2, 0.25) is 0 Å².